The summed E-state index contributed by atoms with van der Waals surface area (Å²) in [4.78, 5) is 21.1. The van der Waals surface area contributed by atoms with Crippen LogP contribution in [0, 0.1) is 5.92 Å². The molecule has 0 bridgehead atoms. The van der Waals surface area contributed by atoms with Crippen LogP contribution in [0.3, 0.4) is 0 Å². The second-order valence-corrected chi connectivity index (χ2v) is 3.41. The average Bonchev–Trinajstić information content (AvgIpc) is 2.04. The van der Waals surface area contributed by atoms with Crippen molar-refractivity contribution in [2.24, 2.45) is 11.7 Å². The van der Waals surface area contributed by atoms with Gasteiger partial charge in [-0.05, 0) is 12.3 Å². The first-order valence-corrected chi connectivity index (χ1v) is 4.45. The molecule has 0 saturated carbocycles. The highest BCUT2D eigenvalue weighted by molar-refractivity contribution is 5.82. The van der Waals surface area contributed by atoms with Gasteiger partial charge in [-0.1, -0.05) is 20.3 Å². The lowest BCUT2D eigenvalue weighted by Gasteiger charge is -2.29. The number of carbonyl (C=O) groups is 2. The maximum absolute atomic E-state index is 10.8. The van der Waals surface area contributed by atoms with E-state index >= 15 is 0 Å². The van der Waals surface area contributed by atoms with Crippen LogP contribution in [0.25, 0.3) is 0 Å². The fourth-order valence-electron chi connectivity index (χ4n) is 1.33. The summed E-state index contributed by atoms with van der Waals surface area (Å²) in [5, 5.41) is 8.88. The van der Waals surface area contributed by atoms with Gasteiger partial charge >= 0.3 is 5.97 Å². The third kappa shape index (κ3) is 2.81. The minimum absolute atomic E-state index is 0.122. The molecule has 0 aliphatic carbocycles. The maximum Gasteiger partial charge on any atom is 0.324 e. The van der Waals surface area contributed by atoms with Crippen LogP contribution in [0.4, 0.5) is 0 Å². The van der Waals surface area contributed by atoms with Crippen molar-refractivity contribution < 1.29 is 14.7 Å². The van der Waals surface area contributed by atoms with E-state index in [9.17, 15) is 9.59 Å². The molecule has 0 spiro atoms. The molecule has 4 heteroatoms. The molecular weight excluding hydrogens is 170 g/mol. The first-order valence-electron chi connectivity index (χ1n) is 4.45. The Kier molecular flexibility index (Phi) is 4.62. The van der Waals surface area contributed by atoms with Crippen LogP contribution < -0.4 is 5.73 Å². The van der Waals surface area contributed by atoms with E-state index in [0.29, 0.717) is 6.29 Å². The number of carbonyl (C=O) groups excluding carboxylic acids is 1. The van der Waals surface area contributed by atoms with Crippen molar-refractivity contribution in [2.75, 3.05) is 0 Å². The van der Waals surface area contributed by atoms with E-state index in [-0.39, 0.29) is 12.3 Å². The summed E-state index contributed by atoms with van der Waals surface area (Å²) in [6.07, 6.45) is 2.03. The summed E-state index contributed by atoms with van der Waals surface area (Å²) in [6.45, 7) is 3.72. The van der Waals surface area contributed by atoms with E-state index in [2.05, 4.69) is 0 Å². The standard InChI is InChI=1S/C9H17NO3/c1-3-4-7(2)9(10,5-6-11)8(12)13/h6-7H,3-5,10H2,1-2H3,(H,12,13). The second kappa shape index (κ2) is 4.97. The number of nitrogens with two attached hydrogens (primary N) is 1. The Bertz CT molecular complexity index is 193. The van der Waals surface area contributed by atoms with E-state index in [0.717, 1.165) is 12.8 Å². The van der Waals surface area contributed by atoms with Gasteiger partial charge < -0.3 is 15.6 Å². The Morgan fingerprint density at radius 2 is 2.23 bits per heavy atom. The van der Waals surface area contributed by atoms with Crippen molar-refractivity contribution in [3.63, 3.8) is 0 Å². The van der Waals surface area contributed by atoms with Crippen molar-refractivity contribution in [3.8, 4) is 0 Å². The quantitative estimate of drug-likeness (QED) is 0.602. The van der Waals surface area contributed by atoms with Gasteiger partial charge in [-0.2, -0.15) is 0 Å². The van der Waals surface area contributed by atoms with Crippen molar-refractivity contribution >= 4 is 12.3 Å². The minimum atomic E-state index is -1.39. The predicted octanol–water partition coefficient (Wildman–Crippen LogP) is 0.794. The van der Waals surface area contributed by atoms with Crippen LogP contribution in [0.5, 0.6) is 0 Å². The van der Waals surface area contributed by atoms with Crippen LogP contribution in [-0.2, 0) is 9.59 Å². The highest BCUT2D eigenvalue weighted by atomic mass is 16.4. The van der Waals surface area contributed by atoms with Gasteiger partial charge in [-0.3, -0.25) is 4.79 Å². The lowest BCUT2D eigenvalue weighted by Crippen LogP contribution is -2.53. The predicted molar refractivity (Wildman–Crippen MR) is 49.3 cm³/mol. The van der Waals surface area contributed by atoms with Gasteiger partial charge in [0, 0.05) is 6.42 Å². The molecule has 13 heavy (non-hydrogen) atoms. The molecular formula is C9H17NO3. The van der Waals surface area contributed by atoms with Gasteiger partial charge in [0.25, 0.3) is 0 Å². The molecule has 4 nitrogen and oxygen atoms in total. The Morgan fingerprint density at radius 1 is 1.69 bits per heavy atom. The van der Waals surface area contributed by atoms with E-state index in [1.54, 1.807) is 6.92 Å². The Hall–Kier alpha value is -0.900. The summed E-state index contributed by atoms with van der Waals surface area (Å²) in [7, 11) is 0. The summed E-state index contributed by atoms with van der Waals surface area (Å²) in [6, 6.07) is 0. The van der Waals surface area contributed by atoms with Gasteiger partial charge in [0.15, 0.2) is 0 Å². The van der Waals surface area contributed by atoms with Gasteiger partial charge in [-0.25, -0.2) is 0 Å². The van der Waals surface area contributed by atoms with Gasteiger partial charge in [0.2, 0.25) is 0 Å². The van der Waals surface area contributed by atoms with Crippen LogP contribution in [0.2, 0.25) is 0 Å². The zero-order chi connectivity index (χ0) is 10.5. The Morgan fingerprint density at radius 3 is 2.54 bits per heavy atom. The van der Waals surface area contributed by atoms with Crippen LogP contribution in [0.1, 0.15) is 33.1 Å². The van der Waals surface area contributed by atoms with Crippen LogP contribution in [-0.4, -0.2) is 22.9 Å². The third-order valence-corrected chi connectivity index (χ3v) is 2.42. The molecule has 2 atom stereocenters. The number of hydrogen-bond donors (Lipinski definition) is 2. The molecule has 0 fully saturated rings. The lowest BCUT2D eigenvalue weighted by molar-refractivity contribution is -0.146. The first-order chi connectivity index (χ1) is 5.99. The van der Waals surface area contributed by atoms with Crippen molar-refractivity contribution in [1.29, 1.82) is 0 Å². The van der Waals surface area contributed by atoms with Crippen molar-refractivity contribution in [2.45, 2.75) is 38.6 Å². The summed E-state index contributed by atoms with van der Waals surface area (Å²) >= 11 is 0. The molecule has 0 radical (unpaired) electrons. The molecule has 3 N–H and O–H groups in total. The van der Waals surface area contributed by atoms with Gasteiger partial charge in [0.05, 0.1) is 0 Å². The van der Waals surface area contributed by atoms with E-state index < -0.39 is 11.5 Å². The van der Waals surface area contributed by atoms with E-state index in [1.807, 2.05) is 6.92 Å². The number of aliphatic carboxylic acids is 1. The summed E-state index contributed by atoms with van der Waals surface area (Å²) in [5.74, 6) is -1.28. The summed E-state index contributed by atoms with van der Waals surface area (Å²) < 4.78 is 0. The molecule has 0 aromatic carbocycles. The number of carboxylic acids is 1. The van der Waals surface area contributed by atoms with Crippen LogP contribution in [0.15, 0.2) is 0 Å². The smallest absolute Gasteiger partial charge is 0.324 e. The zero-order valence-electron chi connectivity index (χ0n) is 8.12. The lowest BCUT2D eigenvalue weighted by atomic mass is 9.81. The SMILES string of the molecule is CCCC(C)C(N)(CC=O)C(=O)O. The molecule has 76 valence electrons. The van der Waals surface area contributed by atoms with Gasteiger partial charge in [-0.15, -0.1) is 0 Å². The zero-order valence-corrected chi connectivity index (χ0v) is 8.12. The minimum Gasteiger partial charge on any atom is -0.480 e. The molecule has 0 rings (SSSR count). The Labute approximate surface area is 78.1 Å². The van der Waals surface area contributed by atoms with Crippen LogP contribution >= 0.6 is 0 Å². The molecule has 0 aliphatic rings. The largest absolute Gasteiger partial charge is 0.480 e. The summed E-state index contributed by atoms with van der Waals surface area (Å²) in [5.41, 5.74) is 4.26. The molecule has 0 heterocycles. The monoisotopic (exact) mass is 187 g/mol. The maximum atomic E-state index is 10.8. The molecule has 0 aliphatic heterocycles. The fraction of sp³-hybridized carbons (Fsp3) is 0.778. The molecule has 0 saturated heterocycles. The molecule has 0 aromatic heterocycles. The average molecular weight is 187 g/mol. The second-order valence-electron chi connectivity index (χ2n) is 3.41. The normalized spacial score (nSPS) is 17.5. The van der Waals surface area contributed by atoms with Gasteiger partial charge in [0.1, 0.15) is 11.8 Å². The van der Waals surface area contributed by atoms with Crippen molar-refractivity contribution in [3.05, 3.63) is 0 Å². The molecule has 0 amide bonds. The first kappa shape index (κ1) is 12.1. The molecule has 0 aromatic rings. The number of rotatable bonds is 6. The fourth-order valence-corrected chi connectivity index (χ4v) is 1.33. The van der Waals surface area contributed by atoms with E-state index in [4.69, 9.17) is 10.8 Å². The molecule has 2 unspecified atom stereocenters. The number of aldehydes is 1. The Balaban J connectivity index is 4.56. The highest BCUT2D eigenvalue weighted by Gasteiger charge is 2.38. The topological polar surface area (TPSA) is 80.4 Å². The number of hydrogen-bond acceptors (Lipinski definition) is 3. The van der Waals surface area contributed by atoms with Crippen molar-refractivity contribution in [1.82, 2.24) is 0 Å². The third-order valence-electron chi connectivity index (χ3n) is 2.42. The number of carboxylic acid groups (broad SMARTS) is 1. The highest BCUT2D eigenvalue weighted by Crippen LogP contribution is 2.22. The van der Waals surface area contributed by atoms with E-state index in [1.165, 1.54) is 0 Å².